The van der Waals surface area contributed by atoms with Gasteiger partial charge >= 0.3 is 11.9 Å². The minimum atomic E-state index is -0.223. The van der Waals surface area contributed by atoms with Crippen molar-refractivity contribution in [3.05, 3.63) is 33.8 Å². The molecule has 4 nitrogen and oxygen atoms in total. The van der Waals surface area contributed by atoms with Gasteiger partial charge in [-0.25, -0.2) is 0 Å². The molecule has 0 bridgehead atoms. The molecule has 0 radical (unpaired) electrons. The number of carbonyl (C=O) groups excluding carboxylic acids is 2. The van der Waals surface area contributed by atoms with E-state index in [2.05, 4.69) is 0 Å². The van der Waals surface area contributed by atoms with Crippen LogP contribution < -0.4 is 0 Å². The number of hydrogen-bond donors (Lipinski definition) is 0. The zero-order valence-corrected chi connectivity index (χ0v) is 17.8. The van der Waals surface area contributed by atoms with Crippen LogP contribution in [0.25, 0.3) is 0 Å². The molecule has 0 fully saturated rings. The highest BCUT2D eigenvalue weighted by Crippen LogP contribution is 2.26. The Bertz CT molecular complexity index is 588. The van der Waals surface area contributed by atoms with E-state index in [1.807, 2.05) is 13.8 Å². The summed E-state index contributed by atoms with van der Waals surface area (Å²) in [5.41, 5.74) is 0.712. The monoisotopic (exact) mass is 416 g/mol. The number of ether oxygens (including phenoxy) is 2. The third-order valence-electron chi connectivity index (χ3n) is 4.01. The van der Waals surface area contributed by atoms with E-state index in [4.69, 9.17) is 32.7 Å². The Hall–Kier alpha value is -1.26. The molecule has 0 saturated heterocycles. The van der Waals surface area contributed by atoms with Gasteiger partial charge in [0.2, 0.25) is 0 Å². The van der Waals surface area contributed by atoms with Crippen LogP contribution in [0.1, 0.15) is 70.8 Å². The van der Waals surface area contributed by atoms with Gasteiger partial charge in [0.15, 0.2) is 0 Å². The zero-order chi connectivity index (χ0) is 20.1. The van der Waals surface area contributed by atoms with Crippen molar-refractivity contribution in [1.29, 1.82) is 0 Å². The van der Waals surface area contributed by atoms with Gasteiger partial charge in [-0.15, -0.1) is 0 Å². The molecule has 0 atom stereocenters. The minimum absolute atomic E-state index is 0.105. The zero-order valence-electron chi connectivity index (χ0n) is 16.3. The highest BCUT2D eigenvalue weighted by molar-refractivity contribution is 6.42. The van der Waals surface area contributed by atoms with Gasteiger partial charge in [0.1, 0.15) is 6.61 Å². The summed E-state index contributed by atoms with van der Waals surface area (Å²) < 4.78 is 10.4. The van der Waals surface area contributed by atoms with Gasteiger partial charge in [0, 0.05) is 18.4 Å². The second-order valence-electron chi connectivity index (χ2n) is 7.07. The minimum Gasteiger partial charge on any atom is -0.465 e. The number of benzene rings is 1. The second kappa shape index (κ2) is 13.8. The van der Waals surface area contributed by atoms with Crippen LogP contribution in [0.5, 0.6) is 0 Å². The lowest BCUT2D eigenvalue weighted by molar-refractivity contribution is -0.145. The molecule has 27 heavy (non-hydrogen) atoms. The molecule has 0 N–H and O–H groups in total. The van der Waals surface area contributed by atoms with Crippen molar-refractivity contribution in [3.63, 3.8) is 0 Å². The average molecular weight is 417 g/mol. The van der Waals surface area contributed by atoms with Crippen LogP contribution in [0.2, 0.25) is 10.0 Å². The molecule has 0 spiro atoms. The summed E-state index contributed by atoms with van der Waals surface area (Å²) in [5.74, 6) is 0.0494. The van der Waals surface area contributed by atoms with E-state index in [-0.39, 0.29) is 18.5 Å². The fraction of sp³-hybridized carbons (Fsp3) is 0.619. The second-order valence-corrected chi connectivity index (χ2v) is 7.86. The summed E-state index contributed by atoms with van der Waals surface area (Å²) in [6, 6.07) is 5.27. The first-order chi connectivity index (χ1) is 12.9. The summed E-state index contributed by atoms with van der Waals surface area (Å²) in [5, 5.41) is 0.887. The van der Waals surface area contributed by atoms with E-state index in [9.17, 15) is 9.59 Å². The van der Waals surface area contributed by atoms with Crippen LogP contribution in [-0.4, -0.2) is 18.5 Å². The lowest BCUT2D eigenvalue weighted by atomic mass is 10.1. The Labute approximate surface area is 172 Å². The average Bonchev–Trinajstić information content (AvgIpc) is 2.63. The fourth-order valence-electron chi connectivity index (χ4n) is 2.47. The van der Waals surface area contributed by atoms with Crippen molar-refractivity contribution in [2.75, 3.05) is 6.61 Å². The summed E-state index contributed by atoms with van der Waals surface area (Å²) in [6.45, 7) is 4.69. The molecule has 0 aromatic heterocycles. The van der Waals surface area contributed by atoms with Gasteiger partial charge < -0.3 is 9.47 Å². The van der Waals surface area contributed by atoms with Crippen molar-refractivity contribution in [3.8, 4) is 0 Å². The van der Waals surface area contributed by atoms with Gasteiger partial charge in [-0.2, -0.15) is 0 Å². The van der Waals surface area contributed by atoms with E-state index in [1.54, 1.807) is 18.2 Å². The van der Waals surface area contributed by atoms with Gasteiger partial charge in [0.05, 0.1) is 16.7 Å². The summed E-state index contributed by atoms with van der Waals surface area (Å²) >= 11 is 12.0. The Morgan fingerprint density at radius 3 is 2.04 bits per heavy atom. The van der Waals surface area contributed by atoms with E-state index >= 15 is 0 Å². The first-order valence-electron chi connectivity index (χ1n) is 9.64. The summed E-state index contributed by atoms with van der Waals surface area (Å²) in [7, 11) is 0. The standard InChI is InChI=1S/C21H30Cl2O4/c1-16(2)14-26-19(24)12-7-5-3-4-6-8-13-20(25)27-15-17-10-9-11-18(22)21(17)23/h9-11,16H,3-8,12-15H2,1-2H3. The Morgan fingerprint density at radius 1 is 0.889 bits per heavy atom. The molecular formula is C21H30Cl2O4. The third kappa shape index (κ3) is 11.2. The van der Waals surface area contributed by atoms with Crippen molar-refractivity contribution in [1.82, 2.24) is 0 Å². The number of halogens is 2. The maximum Gasteiger partial charge on any atom is 0.306 e. The molecule has 1 rings (SSSR count). The van der Waals surface area contributed by atoms with E-state index in [0.717, 1.165) is 38.5 Å². The maximum absolute atomic E-state index is 11.8. The molecule has 0 saturated carbocycles. The van der Waals surface area contributed by atoms with Crippen LogP contribution in [0.15, 0.2) is 18.2 Å². The normalized spacial score (nSPS) is 10.9. The fourth-order valence-corrected chi connectivity index (χ4v) is 2.84. The van der Waals surface area contributed by atoms with Crippen LogP contribution in [0.3, 0.4) is 0 Å². The number of carbonyl (C=O) groups is 2. The first-order valence-corrected chi connectivity index (χ1v) is 10.4. The van der Waals surface area contributed by atoms with Gasteiger partial charge in [-0.1, -0.05) is 74.9 Å². The molecular weight excluding hydrogens is 387 g/mol. The van der Waals surface area contributed by atoms with Crippen molar-refractivity contribution in [2.45, 2.75) is 71.8 Å². The SMILES string of the molecule is CC(C)COC(=O)CCCCCCCCC(=O)OCc1cccc(Cl)c1Cl. The molecule has 6 heteroatoms. The first kappa shape index (κ1) is 23.8. The molecule has 152 valence electrons. The largest absolute Gasteiger partial charge is 0.465 e. The van der Waals surface area contributed by atoms with Crippen molar-refractivity contribution in [2.24, 2.45) is 5.92 Å². The topological polar surface area (TPSA) is 52.6 Å². The van der Waals surface area contributed by atoms with Gasteiger partial charge in [-0.3, -0.25) is 9.59 Å². The molecule has 0 unspecified atom stereocenters. The van der Waals surface area contributed by atoms with Crippen LogP contribution in [-0.2, 0) is 25.7 Å². The van der Waals surface area contributed by atoms with E-state index < -0.39 is 0 Å². The molecule has 0 amide bonds. The predicted octanol–water partition coefficient (Wildman–Crippen LogP) is 6.36. The van der Waals surface area contributed by atoms with Gasteiger partial charge in [0.25, 0.3) is 0 Å². The lowest BCUT2D eigenvalue weighted by Crippen LogP contribution is -2.09. The van der Waals surface area contributed by atoms with Gasteiger partial charge in [-0.05, 0) is 24.8 Å². The Balaban J connectivity index is 1.99. The lowest BCUT2D eigenvalue weighted by Gasteiger charge is -2.08. The Kier molecular flexibility index (Phi) is 12.2. The smallest absolute Gasteiger partial charge is 0.306 e. The van der Waals surface area contributed by atoms with Crippen LogP contribution in [0.4, 0.5) is 0 Å². The van der Waals surface area contributed by atoms with Crippen molar-refractivity contribution < 1.29 is 19.1 Å². The third-order valence-corrected chi connectivity index (χ3v) is 4.87. The molecule has 0 aliphatic rings. The van der Waals surface area contributed by atoms with Crippen molar-refractivity contribution >= 4 is 35.1 Å². The molecule has 1 aromatic rings. The molecule has 0 aliphatic carbocycles. The number of unbranched alkanes of at least 4 members (excludes halogenated alkanes) is 5. The highest BCUT2D eigenvalue weighted by atomic mass is 35.5. The number of hydrogen-bond acceptors (Lipinski definition) is 4. The number of esters is 2. The summed E-state index contributed by atoms with van der Waals surface area (Å²) in [4.78, 5) is 23.3. The predicted molar refractivity (Wildman–Crippen MR) is 109 cm³/mol. The maximum atomic E-state index is 11.8. The molecule has 0 heterocycles. The molecule has 0 aliphatic heterocycles. The van der Waals surface area contributed by atoms with E-state index in [1.165, 1.54) is 0 Å². The summed E-state index contributed by atoms with van der Waals surface area (Å²) in [6.07, 6.45) is 6.65. The molecule has 1 aromatic carbocycles. The quantitative estimate of drug-likeness (QED) is 0.277. The number of rotatable bonds is 13. The van der Waals surface area contributed by atoms with Crippen LogP contribution >= 0.6 is 23.2 Å². The Morgan fingerprint density at radius 2 is 1.44 bits per heavy atom. The van der Waals surface area contributed by atoms with Crippen LogP contribution in [0, 0.1) is 5.92 Å². The highest BCUT2D eigenvalue weighted by Gasteiger charge is 2.08. The van der Waals surface area contributed by atoms with E-state index in [0.29, 0.717) is 41.0 Å².